The highest BCUT2D eigenvalue weighted by Gasteiger charge is 2.09. The largest absolute Gasteiger partial charge is 0.354 e. The van der Waals surface area contributed by atoms with E-state index in [0.29, 0.717) is 5.95 Å². The molecule has 3 rings (SSSR count). The molecule has 2 heterocycles. The first kappa shape index (κ1) is 13.9. The monoisotopic (exact) mass is 299 g/mol. The van der Waals surface area contributed by atoms with Gasteiger partial charge in [-0.2, -0.15) is 5.10 Å². The summed E-state index contributed by atoms with van der Waals surface area (Å²) in [6, 6.07) is 8.08. The summed E-state index contributed by atoms with van der Waals surface area (Å²) >= 11 is 1.61. The molecular weight excluding hydrogens is 282 g/mol. The summed E-state index contributed by atoms with van der Waals surface area (Å²) in [5, 5.41) is 9.48. The van der Waals surface area contributed by atoms with Gasteiger partial charge < -0.3 is 5.32 Å². The van der Waals surface area contributed by atoms with Crippen LogP contribution in [0.5, 0.6) is 0 Å². The highest BCUT2D eigenvalue weighted by Crippen LogP contribution is 2.31. The molecule has 0 bridgehead atoms. The Labute approximate surface area is 127 Å². The quantitative estimate of drug-likeness (QED) is 0.732. The smallest absolute Gasteiger partial charge is 0.224 e. The average Bonchev–Trinajstić information content (AvgIpc) is 2.90. The molecule has 0 aliphatic carbocycles. The lowest BCUT2D eigenvalue weighted by Gasteiger charge is -2.08. The van der Waals surface area contributed by atoms with Gasteiger partial charge in [-0.25, -0.2) is 9.97 Å². The van der Waals surface area contributed by atoms with E-state index < -0.39 is 0 Å². The molecule has 1 aromatic carbocycles. The lowest BCUT2D eigenvalue weighted by atomic mass is 10.2. The molecule has 0 aliphatic rings. The van der Waals surface area contributed by atoms with Crippen molar-refractivity contribution in [3.05, 3.63) is 36.7 Å². The summed E-state index contributed by atoms with van der Waals surface area (Å²) in [4.78, 5) is 10.3. The number of para-hydroxylation sites is 1. The first-order valence-corrected chi connectivity index (χ1v) is 7.75. The van der Waals surface area contributed by atoms with Gasteiger partial charge in [0.05, 0.1) is 16.6 Å². The number of aromatic nitrogens is 4. The molecule has 0 saturated carbocycles. The average molecular weight is 299 g/mol. The predicted octanol–water partition coefficient (Wildman–Crippen LogP) is 3.34. The van der Waals surface area contributed by atoms with E-state index in [0.717, 1.165) is 33.8 Å². The molecular formula is C15H17N5S. The van der Waals surface area contributed by atoms with Crippen molar-refractivity contribution in [2.45, 2.75) is 23.3 Å². The van der Waals surface area contributed by atoms with Gasteiger partial charge in [0.1, 0.15) is 5.03 Å². The molecule has 0 unspecified atom stereocenters. The van der Waals surface area contributed by atoms with Crippen molar-refractivity contribution in [3.8, 4) is 0 Å². The molecule has 0 aliphatic heterocycles. The van der Waals surface area contributed by atoms with E-state index >= 15 is 0 Å². The number of anilines is 1. The van der Waals surface area contributed by atoms with Gasteiger partial charge in [-0.05, 0) is 12.5 Å². The van der Waals surface area contributed by atoms with Gasteiger partial charge in [0, 0.05) is 25.2 Å². The standard InChI is InChI=1S/C15H17N5S/c1-3-8-16-15-18-13-7-5-4-6-12(13)14(19-15)21-11-9-17-20(2)10-11/h4-7,9-10H,3,8H2,1-2H3,(H,16,18,19). The van der Waals surface area contributed by atoms with Crippen LogP contribution in [-0.2, 0) is 7.05 Å². The molecule has 5 nitrogen and oxygen atoms in total. The molecule has 0 atom stereocenters. The molecule has 0 fully saturated rings. The Bertz CT molecular complexity index is 753. The topological polar surface area (TPSA) is 55.6 Å². The number of nitrogens with one attached hydrogen (secondary N) is 1. The Morgan fingerprint density at radius 1 is 1.24 bits per heavy atom. The van der Waals surface area contributed by atoms with Crippen LogP contribution >= 0.6 is 11.8 Å². The van der Waals surface area contributed by atoms with Crippen molar-refractivity contribution in [1.29, 1.82) is 0 Å². The molecule has 3 aromatic rings. The van der Waals surface area contributed by atoms with E-state index in [9.17, 15) is 0 Å². The minimum atomic E-state index is 0.682. The maximum Gasteiger partial charge on any atom is 0.224 e. The van der Waals surface area contributed by atoms with Gasteiger partial charge in [-0.3, -0.25) is 4.68 Å². The van der Waals surface area contributed by atoms with Crippen molar-refractivity contribution in [2.75, 3.05) is 11.9 Å². The third kappa shape index (κ3) is 3.16. The number of fused-ring (bicyclic) bond motifs is 1. The summed E-state index contributed by atoms with van der Waals surface area (Å²) in [5.41, 5.74) is 0.956. The second-order valence-corrected chi connectivity index (χ2v) is 5.81. The van der Waals surface area contributed by atoms with Crippen LogP contribution < -0.4 is 5.32 Å². The van der Waals surface area contributed by atoms with Gasteiger partial charge in [0.15, 0.2) is 0 Å². The van der Waals surface area contributed by atoms with Crippen molar-refractivity contribution >= 4 is 28.6 Å². The van der Waals surface area contributed by atoms with Crippen molar-refractivity contribution in [1.82, 2.24) is 19.7 Å². The maximum atomic E-state index is 4.65. The number of hydrogen-bond donors (Lipinski definition) is 1. The normalized spacial score (nSPS) is 11.0. The first-order chi connectivity index (χ1) is 10.3. The zero-order valence-corrected chi connectivity index (χ0v) is 12.9. The van der Waals surface area contributed by atoms with Crippen molar-refractivity contribution in [2.24, 2.45) is 7.05 Å². The fourth-order valence-electron chi connectivity index (χ4n) is 2.00. The lowest BCUT2D eigenvalue weighted by molar-refractivity contribution is 0.766. The maximum absolute atomic E-state index is 4.65. The van der Waals surface area contributed by atoms with Crippen LogP contribution in [0.3, 0.4) is 0 Å². The fraction of sp³-hybridized carbons (Fsp3) is 0.267. The molecule has 108 valence electrons. The van der Waals surface area contributed by atoms with E-state index in [1.165, 1.54) is 0 Å². The minimum Gasteiger partial charge on any atom is -0.354 e. The van der Waals surface area contributed by atoms with E-state index in [-0.39, 0.29) is 0 Å². The Balaban J connectivity index is 2.01. The van der Waals surface area contributed by atoms with Gasteiger partial charge in [-0.1, -0.05) is 36.9 Å². The molecule has 0 spiro atoms. The summed E-state index contributed by atoms with van der Waals surface area (Å²) in [5.74, 6) is 0.682. The zero-order chi connectivity index (χ0) is 14.7. The van der Waals surface area contributed by atoms with E-state index in [4.69, 9.17) is 0 Å². The molecule has 6 heteroatoms. The van der Waals surface area contributed by atoms with Crippen LogP contribution in [0.25, 0.3) is 10.9 Å². The van der Waals surface area contributed by atoms with Gasteiger partial charge >= 0.3 is 0 Å². The molecule has 21 heavy (non-hydrogen) atoms. The molecule has 2 aromatic heterocycles. The molecule has 1 N–H and O–H groups in total. The summed E-state index contributed by atoms with van der Waals surface area (Å²) in [6.45, 7) is 2.99. The van der Waals surface area contributed by atoms with Gasteiger partial charge in [0.2, 0.25) is 5.95 Å². The van der Waals surface area contributed by atoms with Gasteiger partial charge in [-0.15, -0.1) is 0 Å². The lowest BCUT2D eigenvalue weighted by Crippen LogP contribution is -2.05. The SMILES string of the molecule is CCCNc1nc(Sc2cnn(C)c2)c2ccccc2n1. The second-order valence-electron chi connectivity index (χ2n) is 4.75. The Morgan fingerprint density at radius 3 is 2.86 bits per heavy atom. The summed E-state index contributed by atoms with van der Waals surface area (Å²) < 4.78 is 1.79. The van der Waals surface area contributed by atoms with E-state index in [1.807, 2.05) is 37.6 Å². The highest BCUT2D eigenvalue weighted by atomic mass is 32.2. The van der Waals surface area contributed by atoms with Crippen LogP contribution in [-0.4, -0.2) is 26.3 Å². The highest BCUT2D eigenvalue weighted by molar-refractivity contribution is 7.99. The summed E-state index contributed by atoms with van der Waals surface area (Å²) in [7, 11) is 1.91. The number of rotatable bonds is 5. The number of nitrogens with zero attached hydrogens (tertiary/aromatic N) is 4. The number of hydrogen-bond acceptors (Lipinski definition) is 5. The predicted molar refractivity (Wildman–Crippen MR) is 85.6 cm³/mol. The van der Waals surface area contributed by atoms with Crippen LogP contribution in [0.2, 0.25) is 0 Å². The number of aryl methyl sites for hydroxylation is 1. The minimum absolute atomic E-state index is 0.682. The zero-order valence-electron chi connectivity index (χ0n) is 12.1. The third-order valence-electron chi connectivity index (χ3n) is 3.00. The van der Waals surface area contributed by atoms with Gasteiger partial charge in [0.25, 0.3) is 0 Å². The van der Waals surface area contributed by atoms with Crippen LogP contribution in [0.15, 0.2) is 46.6 Å². The van der Waals surface area contributed by atoms with Crippen LogP contribution in [0, 0.1) is 0 Å². The Morgan fingerprint density at radius 2 is 2.10 bits per heavy atom. The molecule has 0 saturated heterocycles. The van der Waals surface area contributed by atoms with E-state index in [2.05, 4.69) is 33.4 Å². The Kier molecular flexibility index (Phi) is 4.06. The third-order valence-corrected chi connectivity index (χ3v) is 3.95. The van der Waals surface area contributed by atoms with Crippen LogP contribution in [0.1, 0.15) is 13.3 Å². The Hall–Kier alpha value is -2.08. The summed E-state index contributed by atoms with van der Waals surface area (Å²) in [6.07, 6.45) is 4.88. The van der Waals surface area contributed by atoms with E-state index in [1.54, 1.807) is 16.4 Å². The second kappa shape index (κ2) is 6.13. The first-order valence-electron chi connectivity index (χ1n) is 6.93. The molecule has 0 radical (unpaired) electrons. The van der Waals surface area contributed by atoms with Crippen molar-refractivity contribution < 1.29 is 0 Å². The fourth-order valence-corrected chi connectivity index (χ4v) is 2.95. The number of benzene rings is 1. The van der Waals surface area contributed by atoms with Crippen LogP contribution in [0.4, 0.5) is 5.95 Å². The van der Waals surface area contributed by atoms with Crippen molar-refractivity contribution in [3.63, 3.8) is 0 Å². The molecule has 0 amide bonds.